The molecule has 0 bridgehead atoms. The molecule has 0 radical (unpaired) electrons. The van der Waals surface area contributed by atoms with Crippen molar-refractivity contribution < 1.29 is 9.21 Å². The summed E-state index contributed by atoms with van der Waals surface area (Å²) in [6, 6.07) is 3.98. The number of carbonyl (C=O) groups is 1. The van der Waals surface area contributed by atoms with E-state index in [1.165, 1.54) is 25.7 Å². The largest absolute Gasteiger partial charge is 0.468 e. The number of nitrogens with zero attached hydrogens (tertiary/aromatic N) is 1. The van der Waals surface area contributed by atoms with Crippen LogP contribution in [0.1, 0.15) is 51.2 Å². The topological polar surface area (TPSA) is 45.5 Å². The van der Waals surface area contributed by atoms with Gasteiger partial charge in [0.15, 0.2) is 0 Å². The number of carbonyl (C=O) groups excluding carboxylic acids is 1. The Morgan fingerprint density at radius 3 is 2.87 bits per heavy atom. The molecule has 0 spiro atoms. The van der Waals surface area contributed by atoms with Gasteiger partial charge in [0.25, 0.3) is 0 Å². The van der Waals surface area contributed by atoms with Crippen molar-refractivity contribution in [1.29, 1.82) is 0 Å². The Morgan fingerprint density at radius 1 is 1.30 bits per heavy atom. The number of hydrogen-bond donors (Lipinski definition) is 1. The van der Waals surface area contributed by atoms with E-state index in [-0.39, 0.29) is 5.92 Å². The Kier molecular flexibility index (Phi) is 5.76. The van der Waals surface area contributed by atoms with Gasteiger partial charge in [0, 0.05) is 19.0 Å². The molecule has 3 rings (SSSR count). The monoisotopic (exact) mass is 318 g/mol. The van der Waals surface area contributed by atoms with E-state index >= 15 is 0 Å². The van der Waals surface area contributed by atoms with Crippen molar-refractivity contribution in [3.63, 3.8) is 0 Å². The Bertz CT molecular complexity index is 478. The average molecular weight is 318 g/mol. The highest BCUT2D eigenvalue weighted by atomic mass is 16.3. The minimum absolute atomic E-state index is 0.258. The lowest BCUT2D eigenvalue weighted by molar-refractivity contribution is -0.126. The van der Waals surface area contributed by atoms with E-state index in [4.69, 9.17) is 4.42 Å². The van der Waals surface area contributed by atoms with Gasteiger partial charge in [0.1, 0.15) is 5.76 Å². The van der Waals surface area contributed by atoms with Gasteiger partial charge in [-0.15, -0.1) is 0 Å². The summed E-state index contributed by atoms with van der Waals surface area (Å²) in [6.07, 6.45) is 8.72. The molecule has 1 saturated carbocycles. The molecule has 1 saturated heterocycles. The minimum atomic E-state index is 0.258. The van der Waals surface area contributed by atoms with E-state index in [2.05, 4.69) is 17.1 Å². The second-order valence-corrected chi connectivity index (χ2v) is 7.52. The Balaban J connectivity index is 1.40. The van der Waals surface area contributed by atoms with Crippen molar-refractivity contribution in [1.82, 2.24) is 10.2 Å². The van der Waals surface area contributed by atoms with E-state index in [1.807, 2.05) is 12.1 Å². The van der Waals surface area contributed by atoms with Gasteiger partial charge in [-0.3, -0.25) is 9.69 Å². The number of furan rings is 1. The maximum Gasteiger partial charge on any atom is 0.223 e. The third-order valence-corrected chi connectivity index (χ3v) is 5.51. The van der Waals surface area contributed by atoms with Crippen LogP contribution in [0.4, 0.5) is 0 Å². The Morgan fingerprint density at radius 2 is 2.13 bits per heavy atom. The fourth-order valence-corrected chi connectivity index (χ4v) is 4.00. The van der Waals surface area contributed by atoms with Crippen LogP contribution < -0.4 is 5.32 Å². The molecule has 1 N–H and O–H groups in total. The summed E-state index contributed by atoms with van der Waals surface area (Å²) in [5.74, 6) is 2.96. The Labute approximate surface area is 139 Å². The van der Waals surface area contributed by atoms with Crippen LogP contribution in [0.15, 0.2) is 22.8 Å². The first-order valence-corrected chi connectivity index (χ1v) is 9.23. The third-order valence-electron chi connectivity index (χ3n) is 5.51. The van der Waals surface area contributed by atoms with E-state index < -0.39 is 0 Å². The summed E-state index contributed by atoms with van der Waals surface area (Å²) in [4.78, 5) is 14.8. The normalized spacial score (nSPS) is 29.3. The zero-order valence-electron chi connectivity index (χ0n) is 14.3. The van der Waals surface area contributed by atoms with E-state index in [0.717, 1.165) is 50.7 Å². The smallest absolute Gasteiger partial charge is 0.223 e. The summed E-state index contributed by atoms with van der Waals surface area (Å²) in [5.41, 5.74) is 0. The van der Waals surface area contributed by atoms with Crippen LogP contribution >= 0.6 is 0 Å². The molecule has 4 nitrogen and oxygen atoms in total. The van der Waals surface area contributed by atoms with Crippen LogP contribution in [0.5, 0.6) is 0 Å². The van der Waals surface area contributed by atoms with Crippen LogP contribution in [0.2, 0.25) is 0 Å². The van der Waals surface area contributed by atoms with Gasteiger partial charge >= 0.3 is 0 Å². The van der Waals surface area contributed by atoms with Crippen molar-refractivity contribution in [2.75, 3.05) is 19.6 Å². The second-order valence-electron chi connectivity index (χ2n) is 7.52. The number of hydrogen-bond acceptors (Lipinski definition) is 3. The molecule has 23 heavy (non-hydrogen) atoms. The van der Waals surface area contributed by atoms with Crippen molar-refractivity contribution >= 4 is 5.91 Å². The zero-order valence-corrected chi connectivity index (χ0v) is 14.3. The van der Waals surface area contributed by atoms with Crippen molar-refractivity contribution in [3.8, 4) is 0 Å². The van der Waals surface area contributed by atoms with E-state index in [9.17, 15) is 4.79 Å². The molecule has 4 heteroatoms. The quantitative estimate of drug-likeness (QED) is 0.904. The fraction of sp³-hybridized carbons (Fsp3) is 0.737. The maximum absolute atomic E-state index is 12.3. The molecule has 0 aromatic carbocycles. The first kappa shape index (κ1) is 16.6. The van der Waals surface area contributed by atoms with Gasteiger partial charge in [-0.25, -0.2) is 0 Å². The number of rotatable bonds is 5. The van der Waals surface area contributed by atoms with Crippen LogP contribution in [0.25, 0.3) is 0 Å². The molecule has 2 aliphatic rings. The van der Waals surface area contributed by atoms with E-state index in [0.29, 0.717) is 11.8 Å². The molecular formula is C19H30N2O2. The van der Waals surface area contributed by atoms with E-state index in [1.54, 1.807) is 6.26 Å². The summed E-state index contributed by atoms with van der Waals surface area (Å²) >= 11 is 0. The molecule has 1 amide bonds. The SMILES string of the molecule is CC1CCC(C(=O)NC[C@@H]2CCCN(Cc3ccco3)C2)CC1. The predicted molar refractivity (Wildman–Crippen MR) is 90.8 cm³/mol. The Hall–Kier alpha value is -1.29. The number of piperidine rings is 1. The zero-order chi connectivity index (χ0) is 16.1. The van der Waals surface area contributed by atoms with Crippen molar-refractivity contribution in [2.24, 2.45) is 17.8 Å². The molecule has 0 unspecified atom stereocenters. The van der Waals surface area contributed by atoms with Crippen LogP contribution in [0, 0.1) is 17.8 Å². The highest BCUT2D eigenvalue weighted by Crippen LogP contribution is 2.28. The molecular weight excluding hydrogens is 288 g/mol. The average Bonchev–Trinajstić information content (AvgIpc) is 3.07. The lowest BCUT2D eigenvalue weighted by Gasteiger charge is -2.33. The summed E-state index contributed by atoms with van der Waals surface area (Å²) in [5, 5.41) is 3.23. The first-order valence-electron chi connectivity index (χ1n) is 9.23. The standard InChI is InChI=1S/C19H30N2O2/c1-15-6-8-17(9-7-15)19(22)20-12-16-4-2-10-21(13-16)14-18-5-3-11-23-18/h3,5,11,15-17H,2,4,6-10,12-14H2,1H3,(H,20,22)/t15?,16-,17?/m0/s1. The first-order chi connectivity index (χ1) is 11.2. The van der Waals surface area contributed by atoms with Gasteiger partial charge in [-0.05, 0) is 69.0 Å². The minimum Gasteiger partial charge on any atom is -0.468 e. The molecule has 2 fully saturated rings. The molecule has 128 valence electrons. The van der Waals surface area contributed by atoms with Crippen molar-refractivity contribution in [3.05, 3.63) is 24.2 Å². The fourth-order valence-electron chi connectivity index (χ4n) is 4.00. The highest BCUT2D eigenvalue weighted by Gasteiger charge is 2.26. The lowest BCUT2D eigenvalue weighted by atomic mass is 9.82. The van der Waals surface area contributed by atoms with Gasteiger partial charge in [0.2, 0.25) is 5.91 Å². The third kappa shape index (κ3) is 4.84. The number of nitrogens with one attached hydrogen (secondary N) is 1. The van der Waals surface area contributed by atoms with Gasteiger partial charge in [0.05, 0.1) is 12.8 Å². The number of likely N-dealkylation sites (tertiary alicyclic amines) is 1. The van der Waals surface area contributed by atoms with Gasteiger partial charge in [-0.1, -0.05) is 6.92 Å². The van der Waals surface area contributed by atoms with Crippen molar-refractivity contribution in [2.45, 2.75) is 52.0 Å². The van der Waals surface area contributed by atoms with Gasteiger partial charge in [-0.2, -0.15) is 0 Å². The molecule has 1 aliphatic carbocycles. The predicted octanol–water partition coefficient (Wildman–Crippen LogP) is 3.43. The molecule has 1 aliphatic heterocycles. The lowest BCUT2D eigenvalue weighted by Crippen LogP contribution is -2.42. The van der Waals surface area contributed by atoms with Gasteiger partial charge < -0.3 is 9.73 Å². The molecule has 1 atom stereocenters. The number of amides is 1. The summed E-state index contributed by atoms with van der Waals surface area (Å²) < 4.78 is 5.45. The van der Waals surface area contributed by atoms with Crippen LogP contribution in [-0.2, 0) is 11.3 Å². The molecule has 1 aromatic rings. The summed E-state index contributed by atoms with van der Waals surface area (Å²) in [7, 11) is 0. The highest BCUT2D eigenvalue weighted by molar-refractivity contribution is 5.78. The second kappa shape index (κ2) is 8.00. The summed E-state index contributed by atoms with van der Waals surface area (Å²) in [6.45, 7) is 6.20. The molecule has 2 heterocycles. The molecule has 1 aromatic heterocycles. The maximum atomic E-state index is 12.3. The van der Waals surface area contributed by atoms with Crippen LogP contribution in [0.3, 0.4) is 0 Å². The van der Waals surface area contributed by atoms with Crippen LogP contribution in [-0.4, -0.2) is 30.4 Å².